The summed E-state index contributed by atoms with van der Waals surface area (Å²) in [5, 5.41) is 0.867. The van der Waals surface area contributed by atoms with Crippen molar-refractivity contribution in [2.24, 2.45) is 0 Å². The van der Waals surface area contributed by atoms with Gasteiger partial charge in [0.15, 0.2) is 0 Å². The molecule has 0 saturated heterocycles. The van der Waals surface area contributed by atoms with Crippen LogP contribution in [0.1, 0.15) is 13.8 Å². The Kier molecular flexibility index (Phi) is 3.25. The molecule has 0 radical (unpaired) electrons. The molecule has 0 aliphatic rings. The van der Waals surface area contributed by atoms with Gasteiger partial charge in [-0.3, -0.25) is 4.55 Å². The lowest BCUT2D eigenvalue weighted by atomic mass is 10.1. The van der Waals surface area contributed by atoms with Crippen LogP contribution in [-0.4, -0.2) is 13.0 Å². The van der Waals surface area contributed by atoms with Crippen LogP contribution in [0.4, 0.5) is 11.4 Å². The van der Waals surface area contributed by atoms with Crippen LogP contribution < -0.4 is 21.9 Å². The number of nitrogens with two attached hydrogens (primary N) is 2. The van der Waals surface area contributed by atoms with Crippen molar-refractivity contribution in [3.8, 4) is 0 Å². The van der Waals surface area contributed by atoms with Gasteiger partial charge in [-0.2, -0.15) is 8.42 Å². The van der Waals surface area contributed by atoms with Crippen molar-refractivity contribution in [3.63, 3.8) is 0 Å². The molecule has 1 aromatic rings. The summed E-state index contributed by atoms with van der Waals surface area (Å²) in [5.41, 5.74) is 11.8. The summed E-state index contributed by atoms with van der Waals surface area (Å²) in [4.78, 5) is -0.227. The standard InChI is InChI=1S/C10H14N2O3S/c1-3-6-7(4-2)10(12)8(11)5-9(6)16(13,14)15/h3-5H,11-12H2,1-2H3,(H,13,14,15)/b6-3+,7-4+. The topological polar surface area (TPSA) is 106 Å². The highest BCUT2D eigenvalue weighted by Gasteiger charge is 2.14. The molecular weight excluding hydrogens is 228 g/mol. The van der Waals surface area contributed by atoms with Gasteiger partial charge < -0.3 is 11.5 Å². The lowest BCUT2D eigenvalue weighted by Crippen LogP contribution is -2.33. The van der Waals surface area contributed by atoms with E-state index >= 15 is 0 Å². The maximum atomic E-state index is 11.2. The molecule has 0 atom stereocenters. The van der Waals surface area contributed by atoms with E-state index in [1.807, 2.05) is 0 Å². The number of hydrogen-bond acceptors (Lipinski definition) is 4. The van der Waals surface area contributed by atoms with E-state index in [1.54, 1.807) is 26.0 Å². The minimum atomic E-state index is -4.30. The van der Waals surface area contributed by atoms with Crippen LogP contribution in [0.5, 0.6) is 0 Å². The SMILES string of the molecule is C/C=c1/c(S(=O)(=O)O)cc(N)c(N)/c1=C/C. The Bertz CT molecular complexity index is 633. The van der Waals surface area contributed by atoms with E-state index in [2.05, 4.69) is 0 Å². The molecule has 88 valence electrons. The largest absolute Gasteiger partial charge is 0.397 e. The van der Waals surface area contributed by atoms with E-state index in [0.717, 1.165) is 6.07 Å². The summed E-state index contributed by atoms with van der Waals surface area (Å²) in [7, 11) is -4.30. The van der Waals surface area contributed by atoms with Gasteiger partial charge in [-0.25, -0.2) is 0 Å². The maximum absolute atomic E-state index is 11.2. The van der Waals surface area contributed by atoms with E-state index in [-0.39, 0.29) is 10.6 Å². The summed E-state index contributed by atoms with van der Waals surface area (Å²) in [5.74, 6) is 0. The monoisotopic (exact) mass is 242 g/mol. The van der Waals surface area contributed by atoms with E-state index in [1.165, 1.54) is 0 Å². The summed E-state index contributed by atoms with van der Waals surface area (Å²) in [6.07, 6.45) is 3.21. The molecule has 1 aromatic carbocycles. The Balaban J connectivity index is 4.04. The fourth-order valence-electron chi connectivity index (χ4n) is 1.55. The minimum Gasteiger partial charge on any atom is -0.397 e. The van der Waals surface area contributed by atoms with Crippen LogP contribution >= 0.6 is 0 Å². The van der Waals surface area contributed by atoms with Crippen LogP contribution in [0.2, 0.25) is 0 Å². The van der Waals surface area contributed by atoms with Gasteiger partial charge in [0.25, 0.3) is 10.1 Å². The molecule has 0 heterocycles. The summed E-state index contributed by atoms with van der Waals surface area (Å²) >= 11 is 0. The number of rotatable bonds is 1. The molecule has 6 heteroatoms. The van der Waals surface area contributed by atoms with Crippen molar-refractivity contribution < 1.29 is 13.0 Å². The van der Waals surface area contributed by atoms with Crippen molar-refractivity contribution in [1.29, 1.82) is 0 Å². The third-order valence-electron chi connectivity index (χ3n) is 2.30. The Labute approximate surface area is 93.8 Å². The van der Waals surface area contributed by atoms with Gasteiger partial charge >= 0.3 is 0 Å². The van der Waals surface area contributed by atoms with Crippen LogP contribution in [0.15, 0.2) is 11.0 Å². The molecule has 0 aromatic heterocycles. The third kappa shape index (κ3) is 2.02. The highest BCUT2D eigenvalue weighted by molar-refractivity contribution is 7.85. The van der Waals surface area contributed by atoms with Gasteiger partial charge in [0.05, 0.1) is 11.4 Å². The average molecular weight is 242 g/mol. The molecule has 0 spiro atoms. The molecule has 0 aliphatic carbocycles. The van der Waals surface area contributed by atoms with Gasteiger partial charge in [-0.05, 0) is 19.9 Å². The zero-order chi connectivity index (χ0) is 12.5. The zero-order valence-electron chi connectivity index (χ0n) is 9.06. The van der Waals surface area contributed by atoms with Crippen LogP contribution in [-0.2, 0) is 10.1 Å². The second-order valence-electron chi connectivity index (χ2n) is 3.26. The molecule has 0 aliphatic heterocycles. The maximum Gasteiger partial charge on any atom is 0.295 e. The van der Waals surface area contributed by atoms with E-state index in [0.29, 0.717) is 16.1 Å². The highest BCUT2D eigenvalue weighted by atomic mass is 32.2. The molecule has 0 fully saturated rings. The molecule has 5 nitrogen and oxygen atoms in total. The van der Waals surface area contributed by atoms with Gasteiger partial charge in [0.1, 0.15) is 4.90 Å². The number of anilines is 2. The summed E-state index contributed by atoms with van der Waals surface area (Å²) in [6, 6.07) is 1.16. The predicted octanol–water partition coefficient (Wildman–Crippen LogP) is -0.301. The first kappa shape index (κ1) is 12.5. The molecule has 16 heavy (non-hydrogen) atoms. The fraction of sp³-hybridized carbons (Fsp3) is 0.200. The second-order valence-corrected chi connectivity index (χ2v) is 4.65. The fourth-order valence-corrected chi connectivity index (χ4v) is 2.33. The molecule has 0 bridgehead atoms. The van der Waals surface area contributed by atoms with Crippen molar-refractivity contribution in [3.05, 3.63) is 16.5 Å². The lowest BCUT2D eigenvalue weighted by molar-refractivity contribution is 0.482. The molecule has 5 N–H and O–H groups in total. The van der Waals surface area contributed by atoms with Gasteiger partial charge in [-0.1, -0.05) is 12.2 Å². The normalized spacial score (nSPS) is 14.4. The van der Waals surface area contributed by atoms with Gasteiger partial charge in [0, 0.05) is 10.4 Å². The molecule has 0 saturated carbocycles. The zero-order valence-corrected chi connectivity index (χ0v) is 9.88. The predicted molar refractivity (Wildman–Crippen MR) is 64.6 cm³/mol. The molecule has 1 rings (SSSR count). The summed E-state index contributed by atoms with van der Waals surface area (Å²) in [6.45, 7) is 3.37. The van der Waals surface area contributed by atoms with Crippen LogP contribution in [0.25, 0.3) is 12.2 Å². The summed E-state index contributed by atoms with van der Waals surface area (Å²) < 4.78 is 31.4. The van der Waals surface area contributed by atoms with Crippen molar-refractivity contribution >= 4 is 33.6 Å². The quantitative estimate of drug-likeness (QED) is 0.463. The van der Waals surface area contributed by atoms with E-state index in [9.17, 15) is 8.42 Å². The first-order chi connectivity index (χ1) is 7.32. The molecular formula is C10H14N2O3S. The first-order valence-corrected chi connectivity index (χ1v) is 6.05. The molecule has 0 amide bonds. The first-order valence-electron chi connectivity index (χ1n) is 4.61. The molecule has 0 unspecified atom stereocenters. The van der Waals surface area contributed by atoms with Crippen LogP contribution in [0.3, 0.4) is 0 Å². The number of benzene rings is 1. The minimum absolute atomic E-state index is 0.131. The Morgan fingerprint density at radius 3 is 2.06 bits per heavy atom. The second kappa shape index (κ2) is 4.15. The van der Waals surface area contributed by atoms with Gasteiger partial charge in [0.2, 0.25) is 0 Å². The van der Waals surface area contributed by atoms with E-state index < -0.39 is 10.1 Å². The van der Waals surface area contributed by atoms with Crippen LogP contribution in [0, 0.1) is 0 Å². The van der Waals surface area contributed by atoms with Crippen molar-refractivity contribution in [2.45, 2.75) is 18.7 Å². The Morgan fingerprint density at radius 1 is 1.19 bits per heavy atom. The average Bonchev–Trinajstić information content (AvgIpc) is 2.19. The number of nitrogen functional groups attached to an aromatic ring is 2. The Morgan fingerprint density at radius 2 is 1.69 bits per heavy atom. The van der Waals surface area contributed by atoms with Gasteiger partial charge in [-0.15, -0.1) is 0 Å². The lowest BCUT2D eigenvalue weighted by Gasteiger charge is -2.06. The number of hydrogen-bond donors (Lipinski definition) is 3. The van der Waals surface area contributed by atoms with E-state index in [4.69, 9.17) is 16.0 Å². The highest BCUT2D eigenvalue weighted by Crippen LogP contribution is 2.12. The smallest absolute Gasteiger partial charge is 0.295 e. The Hall–Kier alpha value is -1.53. The van der Waals surface area contributed by atoms with Crippen molar-refractivity contribution in [1.82, 2.24) is 0 Å². The third-order valence-corrected chi connectivity index (χ3v) is 3.19. The van der Waals surface area contributed by atoms with Crippen molar-refractivity contribution in [2.75, 3.05) is 11.5 Å².